The summed E-state index contributed by atoms with van der Waals surface area (Å²) in [6.45, 7) is 4.49. The number of amides is 2. The quantitative estimate of drug-likeness (QED) is 0.831. The van der Waals surface area contributed by atoms with Gasteiger partial charge in [0.1, 0.15) is 0 Å². The zero-order chi connectivity index (χ0) is 16.0. The molecule has 2 amide bonds. The molecule has 0 aromatic heterocycles. The third-order valence-corrected chi connectivity index (χ3v) is 3.78. The van der Waals surface area contributed by atoms with Gasteiger partial charge in [0.25, 0.3) is 5.91 Å². The van der Waals surface area contributed by atoms with Gasteiger partial charge in [-0.15, -0.1) is 0 Å². The Balaban J connectivity index is 2.68. The Labute approximate surface area is 126 Å². The molecule has 0 aliphatic carbocycles. The number of carbonyl (C=O) groups excluding carboxylic acids is 2. The Bertz CT molecular complexity index is 485. The number of likely N-dealkylation sites (N-methyl/N-ethyl adjacent to an activating group) is 1. The zero-order valence-electron chi connectivity index (χ0n) is 13.2. The van der Waals surface area contributed by atoms with Gasteiger partial charge in [0.2, 0.25) is 5.91 Å². The van der Waals surface area contributed by atoms with Crippen LogP contribution >= 0.6 is 0 Å². The van der Waals surface area contributed by atoms with E-state index in [1.807, 2.05) is 26.0 Å². The Morgan fingerprint density at radius 2 is 1.86 bits per heavy atom. The van der Waals surface area contributed by atoms with Crippen LogP contribution in [-0.4, -0.2) is 36.9 Å². The van der Waals surface area contributed by atoms with Gasteiger partial charge < -0.3 is 16.0 Å². The molecule has 1 aromatic carbocycles. The van der Waals surface area contributed by atoms with Crippen LogP contribution in [-0.2, 0) is 11.3 Å². The smallest absolute Gasteiger partial charge is 0.251 e. The summed E-state index contributed by atoms with van der Waals surface area (Å²) < 4.78 is 0. The van der Waals surface area contributed by atoms with E-state index in [-0.39, 0.29) is 17.7 Å². The average Bonchev–Trinajstić information content (AvgIpc) is 2.52. The van der Waals surface area contributed by atoms with E-state index in [1.165, 1.54) is 0 Å². The standard InChI is InChI=1S/C16H25N3O2/c1-5-11(2)14(17)16(21)19(4)10-12-6-8-13(9-7-12)15(20)18-3/h6-9,11,14H,5,10,17H2,1-4H3,(H,18,20). The van der Waals surface area contributed by atoms with Crippen LogP contribution in [0.15, 0.2) is 24.3 Å². The van der Waals surface area contributed by atoms with E-state index in [2.05, 4.69) is 5.32 Å². The maximum atomic E-state index is 12.2. The van der Waals surface area contributed by atoms with Crippen molar-refractivity contribution >= 4 is 11.8 Å². The topological polar surface area (TPSA) is 75.4 Å². The van der Waals surface area contributed by atoms with Crippen LogP contribution in [0.25, 0.3) is 0 Å². The summed E-state index contributed by atoms with van der Waals surface area (Å²) in [5, 5.41) is 2.57. The average molecular weight is 291 g/mol. The minimum Gasteiger partial charge on any atom is -0.355 e. The second-order valence-electron chi connectivity index (χ2n) is 5.38. The van der Waals surface area contributed by atoms with Gasteiger partial charge >= 0.3 is 0 Å². The highest BCUT2D eigenvalue weighted by molar-refractivity contribution is 5.93. The first-order valence-corrected chi connectivity index (χ1v) is 7.22. The van der Waals surface area contributed by atoms with E-state index < -0.39 is 6.04 Å². The molecule has 2 unspecified atom stereocenters. The van der Waals surface area contributed by atoms with Gasteiger partial charge in [-0.2, -0.15) is 0 Å². The lowest BCUT2D eigenvalue weighted by molar-refractivity contribution is -0.132. The van der Waals surface area contributed by atoms with Crippen molar-refractivity contribution in [2.24, 2.45) is 11.7 Å². The monoisotopic (exact) mass is 291 g/mol. The summed E-state index contributed by atoms with van der Waals surface area (Å²) in [5.74, 6) is -0.0138. The summed E-state index contributed by atoms with van der Waals surface area (Å²) in [5.41, 5.74) is 7.53. The molecule has 0 saturated heterocycles. The van der Waals surface area contributed by atoms with E-state index in [0.29, 0.717) is 12.1 Å². The first-order valence-electron chi connectivity index (χ1n) is 7.22. The second-order valence-corrected chi connectivity index (χ2v) is 5.38. The van der Waals surface area contributed by atoms with Crippen molar-refractivity contribution in [3.8, 4) is 0 Å². The Kier molecular flexibility index (Phi) is 6.37. The molecule has 0 saturated carbocycles. The van der Waals surface area contributed by atoms with Gasteiger partial charge in [-0.25, -0.2) is 0 Å². The maximum Gasteiger partial charge on any atom is 0.251 e. The predicted octanol–water partition coefficient (Wildman–Crippen LogP) is 1.38. The van der Waals surface area contributed by atoms with Crippen LogP contribution in [0.2, 0.25) is 0 Å². The lowest BCUT2D eigenvalue weighted by Crippen LogP contribution is -2.45. The molecule has 0 fully saturated rings. The summed E-state index contributed by atoms with van der Waals surface area (Å²) in [4.78, 5) is 25.3. The molecular weight excluding hydrogens is 266 g/mol. The van der Waals surface area contributed by atoms with Crippen molar-refractivity contribution in [3.05, 3.63) is 35.4 Å². The normalized spacial score (nSPS) is 13.4. The molecular formula is C16H25N3O2. The molecule has 0 spiro atoms. The fraction of sp³-hybridized carbons (Fsp3) is 0.500. The first-order chi connectivity index (χ1) is 9.90. The number of nitrogens with one attached hydrogen (secondary N) is 1. The number of hydrogen-bond acceptors (Lipinski definition) is 3. The van der Waals surface area contributed by atoms with Crippen molar-refractivity contribution < 1.29 is 9.59 Å². The van der Waals surface area contributed by atoms with E-state index in [1.54, 1.807) is 31.1 Å². The molecule has 1 rings (SSSR count). The van der Waals surface area contributed by atoms with Gasteiger partial charge in [-0.05, 0) is 23.6 Å². The summed E-state index contributed by atoms with van der Waals surface area (Å²) in [6, 6.07) is 6.74. The van der Waals surface area contributed by atoms with Crippen molar-refractivity contribution in [1.82, 2.24) is 10.2 Å². The molecule has 21 heavy (non-hydrogen) atoms. The first kappa shape index (κ1) is 17.2. The van der Waals surface area contributed by atoms with Gasteiger partial charge in [-0.3, -0.25) is 9.59 Å². The highest BCUT2D eigenvalue weighted by Gasteiger charge is 2.22. The summed E-state index contributed by atoms with van der Waals surface area (Å²) in [6.07, 6.45) is 0.877. The van der Waals surface area contributed by atoms with Crippen LogP contribution in [0.1, 0.15) is 36.2 Å². The Morgan fingerprint density at radius 1 is 1.29 bits per heavy atom. The Morgan fingerprint density at radius 3 is 2.33 bits per heavy atom. The minimum absolute atomic E-state index is 0.0558. The number of carbonyl (C=O) groups is 2. The molecule has 116 valence electrons. The molecule has 5 heteroatoms. The molecule has 1 aromatic rings. The lowest BCUT2D eigenvalue weighted by Gasteiger charge is -2.24. The predicted molar refractivity (Wildman–Crippen MR) is 83.7 cm³/mol. The van der Waals surface area contributed by atoms with Crippen molar-refractivity contribution in [2.75, 3.05) is 14.1 Å². The van der Waals surface area contributed by atoms with Gasteiger partial charge in [-0.1, -0.05) is 32.4 Å². The number of nitrogens with two attached hydrogens (primary N) is 1. The molecule has 0 aliphatic rings. The van der Waals surface area contributed by atoms with Crippen LogP contribution in [0, 0.1) is 5.92 Å². The third kappa shape index (κ3) is 4.56. The molecule has 0 aliphatic heterocycles. The van der Waals surface area contributed by atoms with Crippen molar-refractivity contribution in [1.29, 1.82) is 0 Å². The van der Waals surface area contributed by atoms with Gasteiger partial charge in [0.05, 0.1) is 6.04 Å². The number of benzene rings is 1. The van der Waals surface area contributed by atoms with Gasteiger partial charge in [0, 0.05) is 26.2 Å². The fourth-order valence-electron chi connectivity index (χ4n) is 2.01. The van der Waals surface area contributed by atoms with E-state index >= 15 is 0 Å². The fourth-order valence-corrected chi connectivity index (χ4v) is 2.01. The van der Waals surface area contributed by atoms with Crippen molar-refractivity contribution in [3.63, 3.8) is 0 Å². The Hall–Kier alpha value is -1.88. The van der Waals surface area contributed by atoms with Crippen LogP contribution in [0.5, 0.6) is 0 Å². The summed E-state index contributed by atoms with van der Waals surface area (Å²) in [7, 11) is 3.34. The SMILES string of the molecule is CCC(C)C(N)C(=O)N(C)Cc1ccc(C(=O)NC)cc1. The second kappa shape index (κ2) is 7.78. The molecule has 0 heterocycles. The number of nitrogens with zero attached hydrogens (tertiary/aromatic N) is 1. The zero-order valence-corrected chi connectivity index (χ0v) is 13.2. The molecule has 0 bridgehead atoms. The highest BCUT2D eigenvalue weighted by atomic mass is 16.2. The van der Waals surface area contributed by atoms with Crippen molar-refractivity contribution in [2.45, 2.75) is 32.9 Å². The van der Waals surface area contributed by atoms with Gasteiger partial charge in [0.15, 0.2) is 0 Å². The lowest BCUT2D eigenvalue weighted by atomic mass is 9.99. The van der Waals surface area contributed by atoms with Crippen LogP contribution in [0.3, 0.4) is 0 Å². The highest BCUT2D eigenvalue weighted by Crippen LogP contribution is 2.11. The largest absolute Gasteiger partial charge is 0.355 e. The third-order valence-electron chi connectivity index (χ3n) is 3.78. The van der Waals surface area contributed by atoms with Crippen LogP contribution < -0.4 is 11.1 Å². The number of rotatable bonds is 6. The molecule has 2 atom stereocenters. The van der Waals surface area contributed by atoms with E-state index in [9.17, 15) is 9.59 Å². The molecule has 0 radical (unpaired) electrons. The van der Waals surface area contributed by atoms with Crippen LogP contribution in [0.4, 0.5) is 0 Å². The summed E-state index contributed by atoms with van der Waals surface area (Å²) >= 11 is 0. The molecule has 5 nitrogen and oxygen atoms in total. The minimum atomic E-state index is -0.467. The molecule has 3 N–H and O–H groups in total. The van der Waals surface area contributed by atoms with E-state index in [4.69, 9.17) is 5.73 Å². The maximum absolute atomic E-state index is 12.2. The van der Waals surface area contributed by atoms with E-state index in [0.717, 1.165) is 12.0 Å². The number of hydrogen-bond donors (Lipinski definition) is 2.